The van der Waals surface area contributed by atoms with E-state index in [9.17, 15) is 9.59 Å². The molecule has 1 amide bonds. The van der Waals surface area contributed by atoms with Gasteiger partial charge in [0, 0.05) is 16.1 Å². The van der Waals surface area contributed by atoms with E-state index in [0.717, 1.165) is 4.90 Å². The number of thioether (sulfide) groups is 1. The standard InChI is InChI=1S/C16H15NO3S/c1-10-9-12(16(19)20)5-8-14(10)17-15(18)11-3-6-13(21-2)7-4-11/h3-9H,1-2H3,(H,17,18)(H,19,20). The highest BCUT2D eigenvalue weighted by Gasteiger charge is 2.10. The molecule has 2 aromatic rings. The first-order valence-corrected chi connectivity index (χ1v) is 7.53. The highest BCUT2D eigenvalue weighted by molar-refractivity contribution is 7.98. The summed E-state index contributed by atoms with van der Waals surface area (Å²) in [6.07, 6.45) is 1.97. The number of aromatic carboxylic acids is 1. The van der Waals surface area contributed by atoms with E-state index >= 15 is 0 Å². The summed E-state index contributed by atoms with van der Waals surface area (Å²) in [5, 5.41) is 11.7. The second-order valence-corrected chi connectivity index (χ2v) is 5.40. The van der Waals surface area contributed by atoms with Crippen molar-refractivity contribution in [1.29, 1.82) is 0 Å². The van der Waals surface area contributed by atoms with Crippen LogP contribution in [0.5, 0.6) is 0 Å². The molecular formula is C16H15NO3S. The van der Waals surface area contributed by atoms with Crippen LogP contribution >= 0.6 is 11.8 Å². The Morgan fingerprint density at radius 1 is 1.05 bits per heavy atom. The van der Waals surface area contributed by atoms with Crippen LogP contribution in [0.2, 0.25) is 0 Å². The van der Waals surface area contributed by atoms with Crippen LogP contribution in [0.15, 0.2) is 47.4 Å². The summed E-state index contributed by atoms with van der Waals surface area (Å²) in [6.45, 7) is 1.76. The SMILES string of the molecule is CSc1ccc(C(=O)Nc2ccc(C(=O)O)cc2C)cc1. The number of hydrogen-bond acceptors (Lipinski definition) is 3. The summed E-state index contributed by atoms with van der Waals surface area (Å²) in [7, 11) is 0. The number of carboxylic acid groups (broad SMARTS) is 1. The van der Waals surface area contributed by atoms with Crippen molar-refractivity contribution < 1.29 is 14.7 Å². The van der Waals surface area contributed by atoms with Crippen LogP contribution in [-0.4, -0.2) is 23.2 Å². The smallest absolute Gasteiger partial charge is 0.335 e. The molecule has 108 valence electrons. The fourth-order valence-corrected chi connectivity index (χ4v) is 2.28. The Morgan fingerprint density at radius 3 is 2.19 bits per heavy atom. The summed E-state index contributed by atoms with van der Waals surface area (Å²) >= 11 is 1.61. The lowest BCUT2D eigenvalue weighted by atomic mass is 10.1. The molecule has 0 saturated carbocycles. The predicted molar refractivity (Wildman–Crippen MR) is 84.3 cm³/mol. The van der Waals surface area contributed by atoms with Gasteiger partial charge in [0.2, 0.25) is 0 Å². The third-order valence-corrected chi connectivity index (χ3v) is 3.82. The van der Waals surface area contributed by atoms with Crippen LogP contribution in [0, 0.1) is 6.92 Å². The molecule has 0 unspecified atom stereocenters. The van der Waals surface area contributed by atoms with E-state index in [2.05, 4.69) is 5.32 Å². The summed E-state index contributed by atoms with van der Waals surface area (Å²) < 4.78 is 0. The van der Waals surface area contributed by atoms with Crippen molar-refractivity contribution in [1.82, 2.24) is 0 Å². The van der Waals surface area contributed by atoms with E-state index in [1.807, 2.05) is 18.4 Å². The van der Waals surface area contributed by atoms with E-state index in [1.54, 1.807) is 36.9 Å². The van der Waals surface area contributed by atoms with Gasteiger partial charge in [-0.25, -0.2) is 4.79 Å². The van der Waals surface area contributed by atoms with Crippen LogP contribution in [0.3, 0.4) is 0 Å². The maximum absolute atomic E-state index is 12.2. The van der Waals surface area contributed by atoms with Crippen LogP contribution in [-0.2, 0) is 0 Å². The second-order valence-electron chi connectivity index (χ2n) is 4.52. The second kappa shape index (κ2) is 6.45. The molecule has 0 aromatic heterocycles. The van der Waals surface area contributed by atoms with Crippen molar-refractivity contribution in [2.45, 2.75) is 11.8 Å². The van der Waals surface area contributed by atoms with Crippen molar-refractivity contribution in [3.8, 4) is 0 Å². The number of aryl methyl sites for hydroxylation is 1. The molecule has 0 spiro atoms. The first-order chi connectivity index (χ1) is 10.0. The minimum Gasteiger partial charge on any atom is -0.478 e. The Balaban J connectivity index is 2.17. The molecule has 0 fully saturated rings. The quantitative estimate of drug-likeness (QED) is 0.846. The van der Waals surface area contributed by atoms with Gasteiger partial charge in [0.1, 0.15) is 0 Å². The van der Waals surface area contributed by atoms with Gasteiger partial charge in [0.15, 0.2) is 0 Å². The van der Waals surface area contributed by atoms with Gasteiger partial charge in [-0.05, 0) is 61.2 Å². The van der Waals surface area contributed by atoms with Crippen molar-refractivity contribution in [3.63, 3.8) is 0 Å². The molecule has 21 heavy (non-hydrogen) atoms. The summed E-state index contributed by atoms with van der Waals surface area (Å²) in [5.41, 5.74) is 2.09. The van der Waals surface area contributed by atoms with Gasteiger partial charge in [-0.3, -0.25) is 4.79 Å². The van der Waals surface area contributed by atoms with Gasteiger partial charge in [-0.1, -0.05) is 0 Å². The van der Waals surface area contributed by atoms with Crippen molar-refractivity contribution >= 4 is 29.3 Å². The Kier molecular flexibility index (Phi) is 4.65. The zero-order valence-electron chi connectivity index (χ0n) is 11.7. The fraction of sp³-hybridized carbons (Fsp3) is 0.125. The molecule has 0 atom stereocenters. The molecule has 2 rings (SSSR count). The minimum atomic E-state index is -0.983. The van der Waals surface area contributed by atoms with Gasteiger partial charge in [-0.15, -0.1) is 11.8 Å². The van der Waals surface area contributed by atoms with E-state index < -0.39 is 5.97 Å². The molecule has 0 aliphatic rings. The number of nitrogens with one attached hydrogen (secondary N) is 1. The zero-order chi connectivity index (χ0) is 15.4. The van der Waals surface area contributed by atoms with E-state index in [0.29, 0.717) is 16.8 Å². The lowest BCUT2D eigenvalue weighted by Gasteiger charge is -2.09. The monoisotopic (exact) mass is 301 g/mol. The topological polar surface area (TPSA) is 66.4 Å². The maximum atomic E-state index is 12.2. The van der Waals surface area contributed by atoms with Crippen molar-refractivity contribution in [3.05, 3.63) is 59.2 Å². The number of amides is 1. The average molecular weight is 301 g/mol. The van der Waals surface area contributed by atoms with E-state index in [1.165, 1.54) is 12.1 Å². The average Bonchev–Trinajstić information content (AvgIpc) is 2.49. The maximum Gasteiger partial charge on any atom is 0.335 e. The van der Waals surface area contributed by atoms with Gasteiger partial charge in [0.25, 0.3) is 5.91 Å². The Labute approximate surface area is 127 Å². The fourth-order valence-electron chi connectivity index (χ4n) is 1.87. The lowest BCUT2D eigenvalue weighted by Crippen LogP contribution is -2.13. The van der Waals surface area contributed by atoms with Crippen LogP contribution in [0.1, 0.15) is 26.3 Å². The van der Waals surface area contributed by atoms with Crippen molar-refractivity contribution in [2.75, 3.05) is 11.6 Å². The molecule has 5 heteroatoms. The Bertz CT molecular complexity index is 680. The van der Waals surface area contributed by atoms with Gasteiger partial charge < -0.3 is 10.4 Å². The zero-order valence-corrected chi connectivity index (χ0v) is 12.5. The normalized spacial score (nSPS) is 10.2. The first-order valence-electron chi connectivity index (χ1n) is 6.30. The number of anilines is 1. The van der Waals surface area contributed by atoms with Gasteiger partial charge in [0.05, 0.1) is 5.56 Å². The molecule has 0 aliphatic carbocycles. The summed E-state index contributed by atoms with van der Waals surface area (Å²) in [5.74, 6) is -1.20. The molecular weight excluding hydrogens is 286 g/mol. The van der Waals surface area contributed by atoms with Crippen molar-refractivity contribution in [2.24, 2.45) is 0 Å². The predicted octanol–water partition coefficient (Wildman–Crippen LogP) is 3.67. The highest BCUT2D eigenvalue weighted by Crippen LogP contribution is 2.19. The Morgan fingerprint density at radius 2 is 1.67 bits per heavy atom. The number of rotatable bonds is 4. The minimum absolute atomic E-state index is 0.204. The molecule has 0 bridgehead atoms. The largest absolute Gasteiger partial charge is 0.478 e. The van der Waals surface area contributed by atoms with Crippen LogP contribution in [0.25, 0.3) is 0 Å². The third-order valence-electron chi connectivity index (χ3n) is 3.07. The molecule has 2 N–H and O–H groups in total. The number of benzene rings is 2. The molecule has 0 aliphatic heterocycles. The number of hydrogen-bond donors (Lipinski definition) is 2. The summed E-state index contributed by atoms with van der Waals surface area (Å²) in [6, 6.07) is 11.9. The molecule has 2 aromatic carbocycles. The highest BCUT2D eigenvalue weighted by atomic mass is 32.2. The molecule has 0 heterocycles. The number of carbonyl (C=O) groups is 2. The third kappa shape index (κ3) is 3.64. The molecule has 0 saturated heterocycles. The van der Waals surface area contributed by atoms with Gasteiger partial charge >= 0.3 is 5.97 Å². The van der Waals surface area contributed by atoms with Gasteiger partial charge in [-0.2, -0.15) is 0 Å². The van der Waals surface area contributed by atoms with E-state index in [-0.39, 0.29) is 11.5 Å². The number of carboxylic acids is 1. The van der Waals surface area contributed by atoms with Crippen LogP contribution in [0.4, 0.5) is 5.69 Å². The first kappa shape index (κ1) is 15.1. The lowest BCUT2D eigenvalue weighted by molar-refractivity contribution is 0.0696. The Hall–Kier alpha value is -2.27. The molecule has 0 radical (unpaired) electrons. The number of carbonyl (C=O) groups excluding carboxylic acids is 1. The van der Waals surface area contributed by atoms with E-state index in [4.69, 9.17) is 5.11 Å². The van der Waals surface area contributed by atoms with Crippen LogP contribution < -0.4 is 5.32 Å². The summed E-state index contributed by atoms with van der Waals surface area (Å²) in [4.78, 5) is 24.1. The molecule has 4 nitrogen and oxygen atoms in total.